The molecular weight excluding hydrogens is 171 g/mol. The van der Waals surface area contributed by atoms with E-state index in [0.29, 0.717) is 0 Å². The fourth-order valence-corrected chi connectivity index (χ4v) is 0.0852. The summed E-state index contributed by atoms with van der Waals surface area (Å²) in [5, 5.41) is 33.9. The van der Waals surface area contributed by atoms with Gasteiger partial charge in [-0.3, -0.25) is 4.81 Å². The highest BCUT2D eigenvalue weighted by Gasteiger charge is 1.92. The molecule has 0 amide bonds. The largest absolute Gasteiger partial charge is 0.342 e. The Morgan fingerprint density at radius 2 is 1.18 bits per heavy atom. The molecule has 0 aliphatic rings. The molecule has 11 heavy (non-hydrogen) atoms. The van der Waals surface area contributed by atoms with Gasteiger partial charge in [-0.15, -0.1) is 0 Å². The van der Waals surface area contributed by atoms with Gasteiger partial charge in [0.1, 0.15) is 0 Å². The van der Waals surface area contributed by atoms with Gasteiger partial charge in [0, 0.05) is 0 Å². The molecule has 10 nitrogen and oxygen atoms in total. The molecule has 0 aromatic heterocycles. The summed E-state index contributed by atoms with van der Waals surface area (Å²) in [7, 11) is 4.26. The highest BCUT2D eigenvalue weighted by molar-refractivity contribution is 5.97. The van der Waals surface area contributed by atoms with Gasteiger partial charge in [-0.1, -0.05) is 5.04 Å². The predicted molar refractivity (Wildman–Crippen MR) is 18.1 cm³/mol. The lowest BCUT2D eigenvalue weighted by Gasteiger charge is -1.95. The molecule has 2 radical (unpaired) electrons. The molecule has 0 heterocycles. The zero-order valence-electron chi connectivity index (χ0n) is 4.70. The molecular formula is HBO10. The Morgan fingerprint density at radius 1 is 0.727 bits per heavy atom. The quantitative estimate of drug-likeness (QED) is 0.212. The zero-order valence-corrected chi connectivity index (χ0v) is 4.70. The van der Waals surface area contributed by atoms with Crippen LogP contribution in [-0.2, 0) is 45.1 Å². The Kier molecular flexibility index (Phi) is 9.37. The molecule has 0 bridgehead atoms. The standard InChI is InChI=1S/BHO10/c1-3-5-7-9-11-10-8-6-4-2/h2H. The molecule has 0 fully saturated rings. The molecule has 0 saturated carbocycles. The Bertz CT molecular complexity index is 53.9. The van der Waals surface area contributed by atoms with Crippen molar-refractivity contribution < 1.29 is 50.4 Å². The van der Waals surface area contributed by atoms with Crippen molar-refractivity contribution >= 4 is 8.05 Å². The lowest BCUT2D eigenvalue weighted by molar-refractivity contribution is -0.840. The summed E-state index contributed by atoms with van der Waals surface area (Å²) in [5.41, 5.74) is 0. The van der Waals surface area contributed by atoms with Gasteiger partial charge < -0.3 is 0 Å². The first-order valence-electron chi connectivity index (χ1n) is 1.75. The Labute approximate surface area is 59.7 Å². The van der Waals surface area contributed by atoms with Gasteiger partial charge in [-0.05, 0) is 35.3 Å². The first-order valence-corrected chi connectivity index (χ1v) is 1.75. The van der Waals surface area contributed by atoms with E-state index < -0.39 is 0 Å². The van der Waals surface area contributed by atoms with Crippen LogP contribution in [0.1, 0.15) is 0 Å². The normalized spacial score (nSPS) is 10.3. The van der Waals surface area contributed by atoms with Crippen LogP contribution in [-0.4, -0.2) is 13.3 Å². The van der Waals surface area contributed by atoms with E-state index in [9.17, 15) is 0 Å². The monoisotopic (exact) mass is 172 g/mol. The van der Waals surface area contributed by atoms with Crippen molar-refractivity contribution in [1.29, 1.82) is 0 Å². The van der Waals surface area contributed by atoms with E-state index in [0.717, 1.165) is 0 Å². The van der Waals surface area contributed by atoms with Crippen LogP contribution in [0.2, 0.25) is 0 Å². The summed E-state index contributed by atoms with van der Waals surface area (Å²) >= 11 is 0. The van der Waals surface area contributed by atoms with Gasteiger partial charge in [0.25, 0.3) is 0 Å². The molecule has 0 rings (SSSR count). The van der Waals surface area contributed by atoms with Crippen molar-refractivity contribution in [3.63, 3.8) is 0 Å². The minimum absolute atomic E-state index is 2.87. The van der Waals surface area contributed by atoms with E-state index in [1.165, 1.54) is 0 Å². The van der Waals surface area contributed by atoms with Gasteiger partial charge >= 0.3 is 8.05 Å². The van der Waals surface area contributed by atoms with Gasteiger partial charge in [0.05, 0.1) is 0 Å². The van der Waals surface area contributed by atoms with E-state index >= 15 is 0 Å². The molecule has 11 heteroatoms. The lowest BCUT2D eigenvalue weighted by Crippen LogP contribution is -2.01. The van der Waals surface area contributed by atoms with E-state index in [2.05, 4.69) is 53.2 Å². The van der Waals surface area contributed by atoms with Gasteiger partial charge in [-0.2, -0.15) is 0 Å². The predicted octanol–water partition coefficient (Wildman–Crippen LogP) is -0.988. The van der Waals surface area contributed by atoms with Crippen LogP contribution in [0.25, 0.3) is 0 Å². The van der Waals surface area contributed by atoms with Crippen LogP contribution in [0.15, 0.2) is 0 Å². The number of rotatable bonds is 8. The molecule has 0 atom stereocenters. The second-order valence-electron chi connectivity index (χ2n) is 0.647. The molecule has 1 N–H and O–H groups in total. The highest BCUT2D eigenvalue weighted by atomic mass is 17.9. The van der Waals surface area contributed by atoms with Gasteiger partial charge in [-0.25, -0.2) is 5.26 Å². The molecule has 0 spiro atoms. The summed E-state index contributed by atoms with van der Waals surface area (Å²) in [5.74, 6) is 0. The molecule has 0 aromatic rings. The SMILES string of the molecule is [B]OOOOOOOOOO. The summed E-state index contributed by atoms with van der Waals surface area (Å²) in [6, 6.07) is 0. The van der Waals surface area contributed by atoms with Crippen LogP contribution < -0.4 is 0 Å². The van der Waals surface area contributed by atoms with Crippen LogP contribution in [0.3, 0.4) is 0 Å². The molecule has 64 valence electrons. The second-order valence-corrected chi connectivity index (χ2v) is 0.647. The molecule has 0 aliphatic heterocycles. The average molecular weight is 172 g/mol. The van der Waals surface area contributed by atoms with Gasteiger partial charge in [0.15, 0.2) is 0 Å². The third-order valence-corrected chi connectivity index (χ3v) is 0.236. The average Bonchev–Trinajstić information content (AvgIpc) is 2.03. The smallest absolute Gasteiger partial charge is 0.286 e. The van der Waals surface area contributed by atoms with Crippen LogP contribution in [0.5, 0.6) is 0 Å². The van der Waals surface area contributed by atoms with Crippen LogP contribution in [0.4, 0.5) is 0 Å². The van der Waals surface area contributed by atoms with Crippen molar-refractivity contribution in [3.05, 3.63) is 0 Å². The topological polar surface area (TPSA) is 103 Å². The van der Waals surface area contributed by atoms with Crippen LogP contribution >= 0.6 is 0 Å². The molecule has 0 aromatic carbocycles. The Balaban J connectivity index is 2.69. The van der Waals surface area contributed by atoms with Gasteiger partial charge in [0.2, 0.25) is 0 Å². The maximum Gasteiger partial charge on any atom is 0.342 e. The van der Waals surface area contributed by atoms with E-state index in [1.807, 2.05) is 0 Å². The first kappa shape index (κ1) is 10.7. The molecule has 0 aliphatic carbocycles. The third kappa shape index (κ3) is 9.66. The van der Waals surface area contributed by atoms with Crippen molar-refractivity contribution in [2.75, 3.05) is 0 Å². The molecule has 0 unspecified atom stereocenters. The van der Waals surface area contributed by atoms with Crippen molar-refractivity contribution in [2.24, 2.45) is 0 Å². The summed E-state index contributed by atoms with van der Waals surface area (Å²) in [4.78, 5) is 3.35. The fraction of sp³-hybridized carbons (Fsp3) is 0. The zero-order chi connectivity index (χ0) is 8.36. The first-order chi connectivity index (χ1) is 5.41. The van der Waals surface area contributed by atoms with E-state index in [4.69, 9.17) is 5.26 Å². The Morgan fingerprint density at radius 3 is 1.64 bits per heavy atom. The minimum Gasteiger partial charge on any atom is -0.286 e. The third-order valence-electron chi connectivity index (χ3n) is 0.236. The summed E-state index contributed by atoms with van der Waals surface area (Å²) < 4.78 is 0. The van der Waals surface area contributed by atoms with Crippen molar-refractivity contribution in [3.8, 4) is 0 Å². The van der Waals surface area contributed by atoms with E-state index in [-0.39, 0.29) is 0 Å². The van der Waals surface area contributed by atoms with Crippen molar-refractivity contribution in [1.82, 2.24) is 0 Å². The van der Waals surface area contributed by atoms with Crippen LogP contribution in [0, 0.1) is 0 Å². The second kappa shape index (κ2) is 9.66. The highest BCUT2D eigenvalue weighted by Crippen LogP contribution is 1.86. The maximum absolute atomic E-state index is 7.39. The summed E-state index contributed by atoms with van der Waals surface area (Å²) in [6.07, 6.45) is 0. The van der Waals surface area contributed by atoms with Crippen molar-refractivity contribution in [2.45, 2.75) is 0 Å². The minimum atomic E-state index is 2.87. The maximum atomic E-state index is 7.39. The Hall–Kier alpha value is -0.335. The summed E-state index contributed by atoms with van der Waals surface area (Å²) in [6.45, 7) is 0. The number of hydrogen-bond donors (Lipinski definition) is 1. The fourth-order valence-electron chi connectivity index (χ4n) is 0.0852. The number of hydrogen-bond acceptors (Lipinski definition) is 10. The van der Waals surface area contributed by atoms with E-state index in [1.54, 1.807) is 0 Å². The lowest BCUT2D eigenvalue weighted by atomic mass is 10.6. The molecule has 0 saturated heterocycles.